The van der Waals surface area contributed by atoms with Gasteiger partial charge in [-0.25, -0.2) is 9.18 Å². The molecule has 0 aromatic heterocycles. The molecule has 5 nitrogen and oxygen atoms in total. The normalized spacial score (nSPS) is 12.0. The molecule has 0 fully saturated rings. The van der Waals surface area contributed by atoms with Gasteiger partial charge in [0.2, 0.25) is 0 Å². The Balaban J connectivity index is 3.43. The number of aliphatic carboxylic acids is 1. The van der Waals surface area contributed by atoms with Crippen LogP contribution in [0.5, 0.6) is 5.75 Å². The number of halogens is 3. The van der Waals surface area contributed by atoms with Crippen LogP contribution in [0.15, 0.2) is 12.1 Å². The van der Waals surface area contributed by atoms with Crippen LogP contribution in [-0.4, -0.2) is 22.8 Å². The van der Waals surface area contributed by atoms with Gasteiger partial charge in [-0.3, -0.25) is 0 Å². The van der Waals surface area contributed by atoms with Gasteiger partial charge < -0.3 is 14.9 Å². The van der Waals surface area contributed by atoms with Crippen LogP contribution in [0.4, 0.5) is 13.2 Å². The number of benzene rings is 1. The molecule has 2 N–H and O–H groups in total. The molecule has 0 aliphatic heterocycles. The van der Waals surface area contributed by atoms with Crippen molar-refractivity contribution in [2.24, 2.45) is 0 Å². The Hall–Kier alpha value is -2.27. The molecule has 0 heterocycles. The molecule has 96 valence electrons. The molecule has 1 unspecified atom stereocenters. The Morgan fingerprint density at radius 2 is 2.06 bits per heavy atom. The molecule has 1 rings (SSSR count). The highest BCUT2D eigenvalue weighted by atomic mass is 19.3. The van der Waals surface area contributed by atoms with Gasteiger partial charge in [0.05, 0.1) is 17.2 Å². The van der Waals surface area contributed by atoms with Gasteiger partial charge >= 0.3 is 12.6 Å². The van der Waals surface area contributed by atoms with Crippen LogP contribution in [0.25, 0.3) is 0 Å². The molecular weight excluding hydrogens is 255 g/mol. The monoisotopic (exact) mass is 261 g/mol. The molecule has 0 aliphatic rings. The second-order valence-electron chi connectivity index (χ2n) is 3.10. The number of carbonyl (C=O) groups is 1. The summed E-state index contributed by atoms with van der Waals surface area (Å²) in [6.45, 7) is -3.35. The Labute approximate surface area is 98.6 Å². The summed E-state index contributed by atoms with van der Waals surface area (Å²) in [5.41, 5.74) is -1.31. The minimum absolute atomic E-state index is 0.467. The lowest BCUT2D eigenvalue weighted by molar-refractivity contribution is -0.147. The fraction of sp³-hybridized carbons (Fsp3) is 0.200. The number of hydrogen-bond donors (Lipinski definition) is 2. The summed E-state index contributed by atoms with van der Waals surface area (Å²) in [5, 5.41) is 26.6. The molecule has 0 saturated heterocycles. The van der Waals surface area contributed by atoms with E-state index in [2.05, 4.69) is 4.74 Å². The Morgan fingerprint density at radius 1 is 1.44 bits per heavy atom. The van der Waals surface area contributed by atoms with Crippen LogP contribution in [0.3, 0.4) is 0 Å². The lowest BCUT2D eigenvalue weighted by Gasteiger charge is -2.14. The van der Waals surface area contributed by atoms with Crippen LogP contribution < -0.4 is 4.74 Å². The van der Waals surface area contributed by atoms with Gasteiger partial charge in [0.25, 0.3) is 0 Å². The number of carboxylic acid groups (broad SMARTS) is 1. The third-order valence-electron chi connectivity index (χ3n) is 1.95. The average molecular weight is 261 g/mol. The van der Waals surface area contributed by atoms with Crippen molar-refractivity contribution >= 4 is 5.97 Å². The minimum atomic E-state index is -3.35. The number of nitriles is 1. The number of rotatable bonds is 4. The molecule has 18 heavy (non-hydrogen) atoms. The quantitative estimate of drug-likeness (QED) is 0.855. The maximum absolute atomic E-state index is 13.0. The van der Waals surface area contributed by atoms with Crippen molar-refractivity contribution in [3.63, 3.8) is 0 Å². The van der Waals surface area contributed by atoms with E-state index in [0.717, 1.165) is 0 Å². The van der Waals surface area contributed by atoms with Gasteiger partial charge in [-0.2, -0.15) is 14.0 Å². The highest BCUT2D eigenvalue weighted by Gasteiger charge is 2.26. The number of hydrogen-bond acceptors (Lipinski definition) is 4. The molecule has 0 saturated carbocycles. The smallest absolute Gasteiger partial charge is 0.387 e. The van der Waals surface area contributed by atoms with Crippen molar-refractivity contribution in [3.05, 3.63) is 29.1 Å². The summed E-state index contributed by atoms with van der Waals surface area (Å²) in [7, 11) is 0. The van der Waals surface area contributed by atoms with Gasteiger partial charge in [-0.1, -0.05) is 0 Å². The number of carboxylic acids is 1. The van der Waals surface area contributed by atoms with Gasteiger partial charge in [-0.05, 0) is 6.07 Å². The molecule has 1 aromatic carbocycles. The topological polar surface area (TPSA) is 90.5 Å². The lowest BCUT2D eigenvalue weighted by atomic mass is 10.0. The second-order valence-corrected chi connectivity index (χ2v) is 3.10. The summed E-state index contributed by atoms with van der Waals surface area (Å²) < 4.78 is 41.0. The van der Waals surface area contributed by atoms with E-state index < -0.39 is 41.4 Å². The molecule has 0 aliphatic carbocycles. The second kappa shape index (κ2) is 5.37. The number of nitrogens with zero attached hydrogens (tertiary/aromatic N) is 1. The minimum Gasteiger partial charge on any atom is -0.479 e. The summed E-state index contributed by atoms with van der Waals surface area (Å²) in [6, 6.07) is 2.48. The van der Waals surface area contributed by atoms with Crippen LogP contribution in [0, 0.1) is 17.1 Å². The first-order valence-electron chi connectivity index (χ1n) is 4.46. The van der Waals surface area contributed by atoms with Gasteiger partial charge in [0.1, 0.15) is 11.6 Å². The molecule has 0 spiro atoms. The van der Waals surface area contributed by atoms with Crippen molar-refractivity contribution in [1.82, 2.24) is 0 Å². The van der Waals surface area contributed by atoms with E-state index in [1.54, 1.807) is 0 Å². The maximum Gasteiger partial charge on any atom is 0.387 e. The molecular formula is C10H6F3NO4. The highest BCUT2D eigenvalue weighted by Crippen LogP contribution is 2.31. The molecule has 0 amide bonds. The first kappa shape index (κ1) is 13.8. The maximum atomic E-state index is 13.0. The van der Waals surface area contributed by atoms with Crippen LogP contribution >= 0.6 is 0 Å². The molecule has 0 radical (unpaired) electrons. The largest absolute Gasteiger partial charge is 0.479 e. The summed E-state index contributed by atoms with van der Waals surface area (Å²) >= 11 is 0. The van der Waals surface area contributed by atoms with Crippen LogP contribution in [0.1, 0.15) is 17.2 Å². The van der Waals surface area contributed by atoms with Crippen molar-refractivity contribution in [2.45, 2.75) is 12.7 Å². The van der Waals surface area contributed by atoms with E-state index >= 15 is 0 Å². The molecule has 0 bridgehead atoms. The third-order valence-corrected chi connectivity index (χ3v) is 1.95. The zero-order valence-corrected chi connectivity index (χ0v) is 8.60. The van der Waals surface area contributed by atoms with Gasteiger partial charge in [-0.15, -0.1) is 0 Å². The van der Waals surface area contributed by atoms with Crippen LogP contribution in [0.2, 0.25) is 0 Å². The summed E-state index contributed by atoms with van der Waals surface area (Å²) in [4.78, 5) is 10.6. The van der Waals surface area contributed by atoms with Crippen molar-refractivity contribution < 1.29 is 32.9 Å². The Kier molecular flexibility index (Phi) is 4.12. The molecule has 1 aromatic rings. The van der Waals surface area contributed by atoms with E-state index in [9.17, 15) is 23.1 Å². The molecule has 1 atom stereocenters. The fourth-order valence-corrected chi connectivity index (χ4v) is 1.28. The lowest BCUT2D eigenvalue weighted by Crippen LogP contribution is -2.15. The fourth-order valence-electron chi connectivity index (χ4n) is 1.28. The first-order valence-corrected chi connectivity index (χ1v) is 4.46. The van der Waals surface area contributed by atoms with E-state index in [1.807, 2.05) is 0 Å². The first-order chi connectivity index (χ1) is 8.36. The average Bonchev–Trinajstić information content (AvgIpc) is 2.26. The summed E-state index contributed by atoms with van der Waals surface area (Å²) in [5.74, 6) is -3.74. The van der Waals surface area contributed by atoms with Crippen molar-refractivity contribution in [3.8, 4) is 11.8 Å². The van der Waals surface area contributed by atoms with Gasteiger partial charge in [0, 0.05) is 6.07 Å². The van der Waals surface area contributed by atoms with E-state index in [4.69, 9.17) is 10.4 Å². The SMILES string of the molecule is N#Cc1cc(F)cc(OC(F)F)c1C(O)C(=O)O. The zero-order valence-electron chi connectivity index (χ0n) is 8.60. The number of aliphatic hydroxyl groups is 1. The van der Waals surface area contributed by atoms with Crippen molar-refractivity contribution in [2.75, 3.05) is 0 Å². The van der Waals surface area contributed by atoms with E-state index in [0.29, 0.717) is 12.1 Å². The number of alkyl halides is 2. The Morgan fingerprint density at radius 3 is 2.50 bits per heavy atom. The van der Waals surface area contributed by atoms with Gasteiger partial charge in [0.15, 0.2) is 6.10 Å². The highest BCUT2D eigenvalue weighted by molar-refractivity contribution is 5.76. The number of aliphatic hydroxyl groups excluding tert-OH is 1. The van der Waals surface area contributed by atoms with E-state index in [-0.39, 0.29) is 0 Å². The molecule has 8 heteroatoms. The summed E-state index contributed by atoms with van der Waals surface area (Å²) in [6.07, 6.45) is -2.27. The third kappa shape index (κ3) is 2.89. The predicted molar refractivity (Wildman–Crippen MR) is 50.3 cm³/mol. The van der Waals surface area contributed by atoms with Crippen LogP contribution in [-0.2, 0) is 4.79 Å². The predicted octanol–water partition coefficient (Wildman–Crippen LogP) is 1.42. The Bertz CT molecular complexity index is 513. The van der Waals surface area contributed by atoms with E-state index in [1.165, 1.54) is 6.07 Å². The van der Waals surface area contributed by atoms with Crippen molar-refractivity contribution in [1.29, 1.82) is 5.26 Å². The number of ether oxygens (including phenoxy) is 1. The standard InChI is InChI=1S/C10H6F3NO4/c11-5-1-4(3-14)7(8(15)9(16)17)6(2-5)18-10(12)13/h1-2,8,10,15H,(H,16,17). The zero-order chi connectivity index (χ0) is 13.9.